The molecule has 23 heavy (non-hydrogen) atoms. The smallest absolute Gasteiger partial charge is 0.254 e. The molecule has 1 aliphatic rings. The SMILES string of the molecule is Cc1nc2ncnn2c(NCC2CCCc3ccccc32)c1C. The minimum Gasteiger partial charge on any atom is -0.369 e. The number of benzene rings is 1. The number of anilines is 1. The fraction of sp³-hybridized carbons (Fsp3) is 0.389. The van der Waals surface area contributed by atoms with Gasteiger partial charge in [-0.05, 0) is 44.2 Å². The summed E-state index contributed by atoms with van der Waals surface area (Å²) in [5.41, 5.74) is 5.12. The van der Waals surface area contributed by atoms with Crippen LogP contribution in [0, 0.1) is 13.8 Å². The van der Waals surface area contributed by atoms with E-state index in [-0.39, 0.29) is 0 Å². The van der Waals surface area contributed by atoms with Crippen LogP contribution in [0.15, 0.2) is 30.6 Å². The first-order valence-corrected chi connectivity index (χ1v) is 8.22. The van der Waals surface area contributed by atoms with Gasteiger partial charge in [-0.1, -0.05) is 24.3 Å². The van der Waals surface area contributed by atoms with Gasteiger partial charge < -0.3 is 5.32 Å². The Labute approximate surface area is 135 Å². The van der Waals surface area contributed by atoms with Crippen molar-refractivity contribution < 1.29 is 0 Å². The molecular formula is C18H21N5. The third kappa shape index (κ3) is 2.46. The van der Waals surface area contributed by atoms with Gasteiger partial charge in [-0.25, -0.2) is 4.98 Å². The topological polar surface area (TPSA) is 55.1 Å². The van der Waals surface area contributed by atoms with Crippen LogP contribution >= 0.6 is 0 Å². The Kier molecular flexibility index (Phi) is 3.48. The van der Waals surface area contributed by atoms with Gasteiger partial charge >= 0.3 is 0 Å². The van der Waals surface area contributed by atoms with Crippen LogP contribution in [0.2, 0.25) is 0 Å². The van der Waals surface area contributed by atoms with Crippen molar-refractivity contribution in [1.82, 2.24) is 19.6 Å². The van der Waals surface area contributed by atoms with Crippen LogP contribution < -0.4 is 5.32 Å². The lowest BCUT2D eigenvalue weighted by Gasteiger charge is -2.26. The Morgan fingerprint density at radius 2 is 2.13 bits per heavy atom. The third-order valence-electron chi connectivity index (χ3n) is 4.92. The standard InChI is InChI=1S/C18H21N5/c1-12-13(2)22-18-20-11-21-23(18)17(12)19-10-15-8-5-7-14-6-3-4-9-16(14)15/h3-4,6,9,11,15,19H,5,7-8,10H2,1-2H3. The molecule has 0 spiro atoms. The number of hydrogen-bond donors (Lipinski definition) is 1. The maximum absolute atomic E-state index is 4.48. The molecule has 0 radical (unpaired) electrons. The van der Waals surface area contributed by atoms with Crippen molar-refractivity contribution in [3.8, 4) is 0 Å². The number of rotatable bonds is 3. The fourth-order valence-electron chi connectivity index (χ4n) is 3.53. The minimum atomic E-state index is 0.548. The molecule has 5 heteroatoms. The molecule has 5 nitrogen and oxygen atoms in total. The number of nitrogens with one attached hydrogen (secondary N) is 1. The summed E-state index contributed by atoms with van der Waals surface area (Å²) in [5, 5.41) is 7.92. The summed E-state index contributed by atoms with van der Waals surface area (Å²) in [4.78, 5) is 8.69. The lowest BCUT2D eigenvalue weighted by Crippen LogP contribution is -2.20. The van der Waals surface area contributed by atoms with Gasteiger partial charge in [0.2, 0.25) is 0 Å². The van der Waals surface area contributed by atoms with Crippen molar-refractivity contribution in [2.45, 2.75) is 39.0 Å². The van der Waals surface area contributed by atoms with Crippen molar-refractivity contribution in [3.63, 3.8) is 0 Å². The lowest BCUT2D eigenvalue weighted by molar-refractivity contribution is 0.570. The molecule has 2 heterocycles. The van der Waals surface area contributed by atoms with E-state index in [2.05, 4.69) is 51.6 Å². The van der Waals surface area contributed by atoms with Crippen LogP contribution in [0.3, 0.4) is 0 Å². The van der Waals surface area contributed by atoms with Gasteiger partial charge in [-0.3, -0.25) is 0 Å². The van der Waals surface area contributed by atoms with Gasteiger partial charge in [0.15, 0.2) is 0 Å². The van der Waals surface area contributed by atoms with Crippen molar-refractivity contribution in [3.05, 3.63) is 53.0 Å². The maximum atomic E-state index is 4.48. The van der Waals surface area contributed by atoms with E-state index in [9.17, 15) is 0 Å². The van der Waals surface area contributed by atoms with E-state index < -0.39 is 0 Å². The Hall–Kier alpha value is -2.43. The van der Waals surface area contributed by atoms with Gasteiger partial charge in [0.1, 0.15) is 12.1 Å². The molecule has 0 aliphatic heterocycles. The summed E-state index contributed by atoms with van der Waals surface area (Å²) in [6, 6.07) is 8.83. The lowest BCUT2D eigenvalue weighted by atomic mass is 9.83. The van der Waals surface area contributed by atoms with Gasteiger partial charge in [0.05, 0.1) is 0 Å². The zero-order valence-corrected chi connectivity index (χ0v) is 13.6. The number of aromatic nitrogens is 4. The summed E-state index contributed by atoms with van der Waals surface area (Å²) in [6.45, 7) is 5.02. The summed E-state index contributed by atoms with van der Waals surface area (Å²) >= 11 is 0. The molecule has 0 fully saturated rings. The Bertz CT molecular complexity index is 852. The Morgan fingerprint density at radius 1 is 1.26 bits per heavy atom. The van der Waals surface area contributed by atoms with E-state index in [1.807, 2.05) is 6.92 Å². The molecule has 2 aromatic heterocycles. The highest BCUT2D eigenvalue weighted by atomic mass is 15.4. The minimum absolute atomic E-state index is 0.548. The normalized spacial score (nSPS) is 17.2. The van der Waals surface area contributed by atoms with Gasteiger partial charge in [-0.15, -0.1) is 0 Å². The molecule has 1 N–H and O–H groups in total. The highest BCUT2D eigenvalue weighted by Gasteiger charge is 2.20. The van der Waals surface area contributed by atoms with Crippen LogP contribution in [-0.4, -0.2) is 26.1 Å². The van der Waals surface area contributed by atoms with Crippen molar-refractivity contribution in [2.75, 3.05) is 11.9 Å². The maximum Gasteiger partial charge on any atom is 0.254 e. The molecular weight excluding hydrogens is 286 g/mol. The van der Waals surface area contributed by atoms with E-state index in [1.165, 1.54) is 30.4 Å². The molecule has 118 valence electrons. The Morgan fingerprint density at radius 3 is 3.04 bits per heavy atom. The van der Waals surface area contributed by atoms with Crippen LogP contribution in [0.1, 0.15) is 41.1 Å². The summed E-state index contributed by atoms with van der Waals surface area (Å²) in [7, 11) is 0. The summed E-state index contributed by atoms with van der Waals surface area (Å²) < 4.78 is 1.80. The highest BCUT2D eigenvalue weighted by Crippen LogP contribution is 2.32. The second kappa shape index (κ2) is 5.65. The van der Waals surface area contributed by atoms with E-state index in [1.54, 1.807) is 10.8 Å². The predicted octanol–water partition coefficient (Wildman–Crippen LogP) is 3.27. The fourth-order valence-corrected chi connectivity index (χ4v) is 3.53. The molecule has 3 aromatic rings. The second-order valence-electron chi connectivity index (χ2n) is 6.31. The molecule has 0 saturated carbocycles. The van der Waals surface area contributed by atoms with Gasteiger partial charge in [0, 0.05) is 23.7 Å². The molecule has 0 amide bonds. The Balaban J connectivity index is 1.63. The number of nitrogens with zero attached hydrogens (tertiary/aromatic N) is 4. The average molecular weight is 307 g/mol. The van der Waals surface area contributed by atoms with Gasteiger partial charge in [0.25, 0.3) is 5.78 Å². The summed E-state index contributed by atoms with van der Waals surface area (Å²) in [6.07, 6.45) is 5.25. The summed E-state index contributed by atoms with van der Waals surface area (Å²) in [5.74, 6) is 2.21. The van der Waals surface area contributed by atoms with Crippen LogP contribution in [0.5, 0.6) is 0 Å². The average Bonchev–Trinajstić information content (AvgIpc) is 3.03. The van der Waals surface area contributed by atoms with Crippen molar-refractivity contribution >= 4 is 11.6 Å². The number of hydrogen-bond acceptors (Lipinski definition) is 4. The van der Waals surface area contributed by atoms with Crippen molar-refractivity contribution in [1.29, 1.82) is 0 Å². The molecule has 1 aromatic carbocycles. The quantitative estimate of drug-likeness (QED) is 0.807. The van der Waals surface area contributed by atoms with E-state index >= 15 is 0 Å². The van der Waals surface area contributed by atoms with E-state index in [4.69, 9.17) is 0 Å². The number of fused-ring (bicyclic) bond motifs is 2. The highest BCUT2D eigenvalue weighted by molar-refractivity contribution is 5.52. The van der Waals surface area contributed by atoms with Crippen LogP contribution in [0.25, 0.3) is 5.78 Å². The first-order valence-electron chi connectivity index (χ1n) is 8.22. The predicted molar refractivity (Wildman–Crippen MR) is 90.9 cm³/mol. The van der Waals surface area contributed by atoms with E-state index in [0.29, 0.717) is 11.7 Å². The zero-order valence-electron chi connectivity index (χ0n) is 13.6. The first-order chi connectivity index (χ1) is 11.2. The van der Waals surface area contributed by atoms with Crippen LogP contribution in [0.4, 0.5) is 5.82 Å². The van der Waals surface area contributed by atoms with Crippen molar-refractivity contribution in [2.24, 2.45) is 0 Å². The molecule has 0 saturated heterocycles. The third-order valence-corrected chi connectivity index (χ3v) is 4.92. The first kappa shape index (κ1) is 14.2. The van der Waals surface area contributed by atoms with Crippen LogP contribution in [-0.2, 0) is 6.42 Å². The molecule has 0 bridgehead atoms. The molecule has 4 rings (SSSR count). The molecule has 1 atom stereocenters. The van der Waals surface area contributed by atoms with E-state index in [0.717, 1.165) is 23.6 Å². The zero-order chi connectivity index (χ0) is 15.8. The van der Waals surface area contributed by atoms with Gasteiger partial charge in [-0.2, -0.15) is 14.6 Å². The molecule has 1 aliphatic carbocycles. The largest absolute Gasteiger partial charge is 0.369 e. The molecule has 1 unspecified atom stereocenters. The monoisotopic (exact) mass is 307 g/mol. The number of aryl methyl sites for hydroxylation is 2. The second-order valence-corrected chi connectivity index (χ2v) is 6.31.